The van der Waals surface area contributed by atoms with E-state index in [9.17, 15) is 8.42 Å². The van der Waals surface area contributed by atoms with E-state index in [0.29, 0.717) is 0 Å². The van der Waals surface area contributed by atoms with Gasteiger partial charge >= 0.3 is 0 Å². The van der Waals surface area contributed by atoms with Crippen LogP contribution in [0.4, 0.5) is 11.4 Å². The highest BCUT2D eigenvalue weighted by Gasteiger charge is 2.15. The number of nitrogens with one attached hydrogen (secondary N) is 2. The van der Waals surface area contributed by atoms with Crippen molar-refractivity contribution in [1.82, 2.24) is 4.72 Å². The lowest BCUT2D eigenvalue weighted by Gasteiger charge is -2.10. The van der Waals surface area contributed by atoms with Crippen LogP contribution in [0.5, 0.6) is 0 Å². The molecule has 0 atom stereocenters. The molecule has 2 aromatic rings. The minimum absolute atomic E-state index is 0.100. The largest absolute Gasteiger partial charge is 0.398 e. The molecule has 0 saturated heterocycles. The van der Waals surface area contributed by atoms with Crippen LogP contribution in [-0.2, 0) is 16.4 Å². The second-order valence-corrected chi connectivity index (χ2v) is 6.90. The monoisotopic (exact) mass is 311 g/mol. The molecule has 0 amide bonds. The molecule has 0 bridgehead atoms. The molecule has 7 heteroatoms. The summed E-state index contributed by atoms with van der Waals surface area (Å²) in [5.41, 5.74) is 8.12. The van der Waals surface area contributed by atoms with Gasteiger partial charge in [0.15, 0.2) is 0 Å². The molecule has 4 N–H and O–H groups in total. The van der Waals surface area contributed by atoms with Crippen molar-refractivity contribution in [3.05, 3.63) is 40.6 Å². The van der Waals surface area contributed by atoms with E-state index in [0.717, 1.165) is 18.7 Å². The lowest BCUT2D eigenvalue weighted by molar-refractivity contribution is 0.588. The van der Waals surface area contributed by atoms with Crippen molar-refractivity contribution < 1.29 is 8.42 Å². The first-order valence-corrected chi connectivity index (χ1v) is 8.53. The van der Waals surface area contributed by atoms with Gasteiger partial charge in [-0.25, -0.2) is 13.1 Å². The number of nitrogens with two attached hydrogens (primary N) is 1. The molecule has 2 rings (SSSR count). The molecule has 0 radical (unpaired) electrons. The van der Waals surface area contributed by atoms with E-state index in [1.165, 1.54) is 18.7 Å². The zero-order valence-electron chi connectivity index (χ0n) is 11.1. The highest BCUT2D eigenvalue weighted by atomic mass is 32.2. The Morgan fingerprint density at radius 1 is 1.30 bits per heavy atom. The Hall–Kier alpha value is -1.57. The Bertz CT molecular complexity index is 667. The molecule has 0 unspecified atom stereocenters. The first kappa shape index (κ1) is 14.8. The Morgan fingerprint density at radius 3 is 2.70 bits per heavy atom. The third kappa shape index (κ3) is 3.50. The summed E-state index contributed by atoms with van der Waals surface area (Å²) >= 11 is 1.67. The third-order valence-electron chi connectivity index (χ3n) is 2.89. The van der Waals surface area contributed by atoms with Gasteiger partial charge in [0.05, 0.1) is 5.69 Å². The Kier molecular flexibility index (Phi) is 4.64. The number of hydrogen-bond acceptors (Lipinski definition) is 5. The molecule has 0 fully saturated rings. The number of rotatable bonds is 6. The van der Waals surface area contributed by atoms with Crippen molar-refractivity contribution in [2.45, 2.75) is 11.3 Å². The van der Waals surface area contributed by atoms with Crippen molar-refractivity contribution >= 4 is 32.7 Å². The van der Waals surface area contributed by atoms with E-state index in [2.05, 4.69) is 21.5 Å². The Morgan fingerprint density at radius 2 is 2.10 bits per heavy atom. The average Bonchev–Trinajstić information content (AvgIpc) is 2.92. The van der Waals surface area contributed by atoms with Crippen LogP contribution in [0.25, 0.3) is 0 Å². The predicted octanol–water partition coefficient (Wildman–Crippen LogP) is 1.89. The molecule has 0 spiro atoms. The maximum atomic E-state index is 11.7. The van der Waals surface area contributed by atoms with E-state index in [1.807, 2.05) is 5.38 Å². The number of benzene rings is 1. The van der Waals surface area contributed by atoms with Gasteiger partial charge in [-0.1, -0.05) is 0 Å². The molecule has 5 nitrogen and oxygen atoms in total. The summed E-state index contributed by atoms with van der Waals surface area (Å²) in [5.74, 6) is 0. The smallest absolute Gasteiger partial charge is 0.242 e. The summed E-state index contributed by atoms with van der Waals surface area (Å²) in [7, 11) is -2.14. The molecule has 0 saturated carbocycles. The molecule has 108 valence electrons. The van der Waals surface area contributed by atoms with Crippen LogP contribution in [0, 0.1) is 0 Å². The fourth-order valence-electron chi connectivity index (χ4n) is 1.80. The summed E-state index contributed by atoms with van der Waals surface area (Å²) in [6, 6.07) is 6.95. The maximum Gasteiger partial charge on any atom is 0.242 e. The summed E-state index contributed by atoms with van der Waals surface area (Å²) in [4.78, 5) is 0.100. The second kappa shape index (κ2) is 6.25. The normalized spacial score (nSPS) is 11.4. The highest BCUT2D eigenvalue weighted by molar-refractivity contribution is 7.89. The van der Waals surface area contributed by atoms with Gasteiger partial charge in [-0.3, -0.25) is 0 Å². The Balaban J connectivity index is 2.02. The summed E-state index contributed by atoms with van der Waals surface area (Å²) in [6.45, 7) is 0.772. The van der Waals surface area contributed by atoms with Crippen LogP contribution in [0.3, 0.4) is 0 Å². The lowest BCUT2D eigenvalue weighted by atomic mass is 10.2. The zero-order valence-corrected chi connectivity index (χ0v) is 12.7. The van der Waals surface area contributed by atoms with Crippen molar-refractivity contribution in [3.8, 4) is 0 Å². The van der Waals surface area contributed by atoms with Crippen LogP contribution in [0.15, 0.2) is 39.9 Å². The number of nitrogen functional groups attached to an aromatic ring is 1. The van der Waals surface area contributed by atoms with Gasteiger partial charge in [0.25, 0.3) is 0 Å². The van der Waals surface area contributed by atoms with Crippen LogP contribution in [-0.4, -0.2) is 22.0 Å². The van der Waals surface area contributed by atoms with E-state index in [4.69, 9.17) is 5.73 Å². The van der Waals surface area contributed by atoms with Crippen LogP contribution >= 0.6 is 11.3 Å². The maximum absolute atomic E-state index is 11.7. The quantitative estimate of drug-likeness (QED) is 0.711. The van der Waals surface area contributed by atoms with Gasteiger partial charge < -0.3 is 11.1 Å². The third-order valence-corrected chi connectivity index (χ3v) is 5.11. The van der Waals surface area contributed by atoms with Crippen LogP contribution < -0.4 is 15.8 Å². The van der Waals surface area contributed by atoms with E-state index < -0.39 is 10.0 Å². The molecule has 0 aliphatic carbocycles. The molecular weight excluding hydrogens is 294 g/mol. The summed E-state index contributed by atoms with van der Waals surface area (Å²) < 4.78 is 25.6. The second-order valence-electron chi connectivity index (χ2n) is 4.27. The van der Waals surface area contributed by atoms with Gasteiger partial charge in [-0.15, -0.1) is 0 Å². The highest BCUT2D eigenvalue weighted by Crippen LogP contribution is 2.22. The van der Waals surface area contributed by atoms with Crippen molar-refractivity contribution in [3.63, 3.8) is 0 Å². The molecule has 20 heavy (non-hydrogen) atoms. The molecule has 1 aromatic carbocycles. The number of anilines is 2. The SMILES string of the molecule is CNS(=O)(=O)c1ccc(NCCc2ccsc2)cc1N. The van der Waals surface area contributed by atoms with Crippen LogP contribution in [0.2, 0.25) is 0 Å². The van der Waals surface area contributed by atoms with Gasteiger partial charge in [0.1, 0.15) is 4.90 Å². The van der Waals surface area contributed by atoms with Gasteiger partial charge in [-0.2, -0.15) is 11.3 Å². The van der Waals surface area contributed by atoms with E-state index in [-0.39, 0.29) is 10.6 Å². The fourth-order valence-corrected chi connectivity index (χ4v) is 3.34. The number of hydrogen-bond donors (Lipinski definition) is 3. The fraction of sp³-hybridized carbons (Fsp3) is 0.231. The zero-order chi connectivity index (χ0) is 14.6. The Labute approximate surface area is 122 Å². The number of sulfonamides is 1. The van der Waals surface area contributed by atoms with E-state index in [1.54, 1.807) is 23.5 Å². The van der Waals surface area contributed by atoms with Crippen molar-refractivity contribution in [2.24, 2.45) is 0 Å². The standard InChI is InChI=1S/C13H17N3O2S2/c1-15-20(17,18)13-3-2-11(8-12(13)14)16-6-4-10-5-7-19-9-10/h2-3,5,7-9,15-16H,4,6,14H2,1H3. The van der Waals surface area contributed by atoms with Gasteiger partial charge in [0.2, 0.25) is 10.0 Å². The van der Waals surface area contributed by atoms with Crippen molar-refractivity contribution in [2.75, 3.05) is 24.6 Å². The summed E-state index contributed by atoms with van der Waals surface area (Å²) in [6.07, 6.45) is 0.917. The average molecular weight is 311 g/mol. The van der Waals surface area contributed by atoms with Crippen LogP contribution in [0.1, 0.15) is 5.56 Å². The number of thiophene rings is 1. The predicted molar refractivity (Wildman–Crippen MR) is 83.6 cm³/mol. The minimum atomic E-state index is -3.50. The molecule has 0 aliphatic heterocycles. The molecular formula is C13H17N3O2S2. The topological polar surface area (TPSA) is 84.2 Å². The first-order chi connectivity index (χ1) is 9.53. The molecule has 0 aliphatic rings. The van der Waals surface area contributed by atoms with Gasteiger partial charge in [0, 0.05) is 12.2 Å². The van der Waals surface area contributed by atoms with Crippen molar-refractivity contribution in [1.29, 1.82) is 0 Å². The molecule has 1 heterocycles. The molecule has 1 aromatic heterocycles. The first-order valence-electron chi connectivity index (χ1n) is 6.11. The minimum Gasteiger partial charge on any atom is -0.398 e. The lowest BCUT2D eigenvalue weighted by Crippen LogP contribution is -2.20. The summed E-state index contributed by atoms with van der Waals surface area (Å²) in [5, 5.41) is 7.39. The van der Waals surface area contributed by atoms with E-state index >= 15 is 0 Å². The van der Waals surface area contributed by atoms with Gasteiger partial charge in [-0.05, 0) is 54.1 Å².